The SMILES string of the molecule is CCOC(=O)c1cc(Cl)cc(C)c1NC(=O)C1([N+](CC)(CC)CC)CCC1. The zero-order valence-electron chi connectivity index (χ0n) is 17.2. The summed E-state index contributed by atoms with van der Waals surface area (Å²) < 4.78 is 5.93. The molecule has 1 aromatic carbocycles. The second-order valence-electron chi connectivity index (χ2n) is 7.30. The summed E-state index contributed by atoms with van der Waals surface area (Å²) in [6, 6.07) is 3.33. The number of carbonyl (C=O) groups excluding carboxylic acids is 2. The van der Waals surface area contributed by atoms with Crippen molar-refractivity contribution in [3.05, 3.63) is 28.3 Å². The van der Waals surface area contributed by atoms with E-state index in [2.05, 4.69) is 26.1 Å². The topological polar surface area (TPSA) is 55.4 Å². The molecule has 1 aliphatic rings. The van der Waals surface area contributed by atoms with E-state index in [9.17, 15) is 9.59 Å². The molecule has 150 valence electrons. The van der Waals surface area contributed by atoms with Gasteiger partial charge >= 0.3 is 5.97 Å². The zero-order valence-corrected chi connectivity index (χ0v) is 17.9. The first-order chi connectivity index (χ1) is 12.8. The molecule has 1 saturated carbocycles. The first kappa shape index (κ1) is 21.7. The Balaban J connectivity index is 2.44. The van der Waals surface area contributed by atoms with Crippen LogP contribution in [0.15, 0.2) is 12.1 Å². The monoisotopic (exact) mass is 395 g/mol. The Morgan fingerprint density at radius 2 is 1.74 bits per heavy atom. The van der Waals surface area contributed by atoms with Crippen LogP contribution in [0, 0.1) is 6.92 Å². The molecule has 0 spiro atoms. The lowest BCUT2D eigenvalue weighted by Crippen LogP contribution is -2.72. The molecule has 27 heavy (non-hydrogen) atoms. The molecule has 0 aliphatic heterocycles. The number of halogens is 1. The normalized spacial score (nSPS) is 15.8. The van der Waals surface area contributed by atoms with E-state index in [0.717, 1.165) is 48.9 Å². The molecule has 0 atom stereocenters. The van der Waals surface area contributed by atoms with Crippen LogP contribution >= 0.6 is 11.6 Å². The van der Waals surface area contributed by atoms with E-state index in [0.29, 0.717) is 16.3 Å². The Morgan fingerprint density at radius 1 is 1.15 bits per heavy atom. The summed E-state index contributed by atoms with van der Waals surface area (Å²) in [5, 5.41) is 3.53. The second kappa shape index (κ2) is 8.61. The smallest absolute Gasteiger partial charge is 0.340 e. The molecule has 0 aromatic heterocycles. The van der Waals surface area contributed by atoms with E-state index in [1.807, 2.05) is 6.92 Å². The summed E-state index contributed by atoms with van der Waals surface area (Å²) in [5.41, 5.74) is 1.15. The molecule has 0 unspecified atom stereocenters. The van der Waals surface area contributed by atoms with Crippen LogP contribution in [-0.2, 0) is 9.53 Å². The third-order valence-electron chi connectivity index (χ3n) is 6.36. The third-order valence-corrected chi connectivity index (χ3v) is 6.58. The van der Waals surface area contributed by atoms with Gasteiger partial charge in [-0.2, -0.15) is 0 Å². The molecule has 0 heterocycles. The number of quaternary nitrogens is 1. The summed E-state index contributed by atoms with van der Waals surface area (Å²) in [6.07, 6.45) is 2.79. The molecule has 1 aliphatic carbocycles. The highest BCUT2D eigenvalue weighted by atomic mass is 35.5. The van der Waals surface area contributed by atoms with E-state index in [1.165, 1.54) is 0 Å². The molecule has 2 rings (SSSR count). The molecule has 6 heteroatoms. The number of ether oxygens (including phenoxy) is 1. The maximum atomic E-state index is 13.5. The van der Waals surface area contributed by atoms with Gasteiger partial charge in [0.05, 0.1) is 37.5 Å². The average Bonchev–Trinajstić information content (AvgIpc) is 2.60. The number of rotatable bonds is 8. The lowest BCUT2D eigenvalue weighted by atomic mass is 9.72. The number of amides is 1. The first-order valence-electron chi connectivity index (χ1n) is 9.95. The standard InChI is InChI=1S/C21H31ClN2O3/c1-6-24(7-2,8-3)21(11-10-12-21)20(26)23-18-15(5)13-16(22)14-17(18)19(25)27-9-4/h13-14H,6-12H2,1-5H3/p+1. The van der Waals surface area contributed by atoms with Crippen molar-refractivity contribution in [3.8, 4) is 0 Å². The number of hydrogen-bond donors (Lipinski definition) is 1. The Morgan fingerprint density at radius 3 is 2.19 bits per heavy atom. The van der Waals surface area contributed by atoms with Crippen LogP contribution in [0.2, 0.25) is 5.02 Å². The van der Waals surface area contributed by atoms with Crippen LogP contribution in [0.25, 0.3) is 0 Å². The predicted octanol–water partition coefficient (Wildman–Crippen LogP) is 4.56. The molecule has 1 N–H and O–H groups in total. The maximum absolute atomic E-state index is 13.5. The molecule has 0 saturated heterocycles. The molecule has 0 bridgehead atoms. The van der Waals surface area contributed by atoms with Gasteiger partial charge in [-0.25, -0.2) is 4.79 Å². The third kappa shape index (κ3) is 3.72. The van der Waals surface area contributed by atoms with Crippen LogP contribution < -0.4 is 5.32 Å². The highest BCUT2D eigenvalue weighted by Crippen LogP contribution is 2.44. The Bertz CT molecular complexity index is 701. The highest BCUT2D eigenvalue weighted by molar-refractivity contribution is 6.31. The van der Waals surface area contributed by atoms with Crippen molar-refractivity contribution in [1.29, 1.82) is 0 Å². The van der Waals surface area contributed by atoms with Crippen molar-refractivity contribution >= 4 is 29.2 Å². The van der Waals surface area contributed by atoms with Crippen molar-refractivity contribution in [3.63, 3.8) is 0 Å². The summed E-state index contributed by atoms with van der Waals surface area (Å²) in [6.45, 7) is 13.0. The number of nitrogens with one attached hydrogen (secondary N) is 1. The summed E-state index contributed by atoms with van der Waals surface area (Å²) >= 11 is 6.15. The van der Waals surface area contributed by atoms with E-state index in [4.69, 9.17) is 16.3 Å². The van der Waals surface area contributed by atoms with Gasteiger partial charge in [-0.05, 0) is 58.7 Å². The van der Waals surface area contributed by atoms with Crippen molar-refractivity contribution in [1.82, 2.24) is 0 Å². The number of nitrogens with zero attached hydrogens (tertiary/aromatic N) is 1. The zero-order chi connectivity index (χ0) is 20.2. The molecule has 0 radical (unpaired) electrons. The van der Waals surface area contributed by atoms with Crippen LogP contribution in [0.3, 0.4) is 0 Å². The predicted molar refractivity (Wildman–Crippen MR) is 109 cm³/mol. The molecular formula is C21H32ClN2O3+. The maximum Gasteiger partial charge on any atom is 0.340 e. The Kier molecular flexibility index (Phi) is 6.92. The van der Waals surface area contributed by atoms with E-state index in [-0.39, 0.29) is 12.5 Å². The van der Waals surface area contributed by atoms with Crippen molar-refractivity contribution in [2.75, 3.05) is 31.6 Å². The van der Waals surface area contributed by atoms with Crippen molar-refractivity contribution in [2.24, 2.45) is 0 Å². The number of carbonyl (C=O) groups is 2. The number of hydrogen-bond acceptors (Lipinski definition) is 3. The van der Waals surface area contributed by atoms with E-state index >= 15 is 0 Å². The summed E-state index contributed by atoms with van der Waals surface area (Å²) in [7, 11) is 0. The number of benzene rings is 1. The van der Waals surface area contributed by atoms with Crippen LogP contribution in [0.4, 0.5) is 5.69 Å². The fourth-order valence-corrected chi connectivity index (χ4v) is 4.79. The van der Waals surface area contributed by atoms with E-state index < -0.39 is 11.5 Å². The Labute approximate surface area is 167 Å². The fraction of sp³-hybridized carbons (Fsp3) is 0.619. The number of anilines is 1. The summed E-state index contributed by atoms with van der Waals surface area (Å²) in [4.78, 5) is 25.9. The number of likely N-dealkylation sites (N-methyl/N-ethyl adjacent to an activating group) is 1. The minimum absolute atomic E-state index is 0.00438. The van der Waals surface area contributed by atoms with Crippen molar-refractivity contribution < 1.29 is 18.8 Å². The molecule has 1 fully saturated rings. The van der Waals surface area contributed by atoms with Gasteiger partial charge < -0.3 is 14.5 Å². The van der Waals surface area contributed by atoms with Gasteiger partial charge in [0.15, 0.2) is 5.54 Å². The highest BCUT2D eigenvalue weighted by Gasteiger charge is 2.58. The average molecular weight is 396 g/mol. The molecule has 5 nitrogen and oxygen atoms in total. The van der Waals surface area contributed by atoms with Gasteiger partial charge in [0, 0.05) is 17.9 Å². The van der Waals surface area contributed by atoms with Gasteiger partial charge in [-0.3, -0.25) is 4.79 Å². The molecule has 1 amide bonds. The van der Waals surface area contributed by atoms with Gasteiger partial charge in [0.2, 0.25) is 0 Å². The van der Waals surface area contributed by atoms with Crippen LogP contribution in [0.1, 0.15) is 62.9 Å². The second-order valence-corrected chi connectivity index (χ2v) is 7.74. The fourth-order valence-electron chi connectivity index (χ4n) is 4.52. The number of esters is 1. The van der Waals surface area contributed by atoms with Gasteiger partial charge in [0.1, 0.15) is 0 Å². The van der Waals surface area contributed by atoms with Gasteiger partial charge in [-0.1, -0.05) is 11.6 Å². The number of aryl methyl sites for hydroxylation is 1. The quantitative estimate of drug-likeness (QED) is 0.518. The lowest BCUT2D eigenvalue weighted by Gasteiger charge is -2.55. The molecule has 1 aromatic rings. The molecular weight excluding hydrogens is 364 g/mol. The minimum atomic E-state index is -0.469. The van der Waals surface area contributed by atoms with E-state index in [1.54, 1.807) is 19.1 Å². The van der Waals surface area contributed by atoms with Crippen molar-refractivity contribution in [2.45, 2.75) is 59.4 Å². The largest absolute Gasteiger partial charge is 0.462 e. The Hall–Kier alpha value is -1.59. The lowest BCUT2D eigenvalue weighted by molar-refractivity contribution is -0.967. The minimum Gasteiger partial charge on any atom is -0.462 e. The van der Waals surface area contributed by atoms with Crippen LogP contribution in [0.5, 0.6) is 0 Å². The van der Waals surface area contributed by atoms with Gasteiger partial charge in [-0.15, -0.1) is 0 Å². The summed E-state index contributed by atoms with van der Waals surface area (Å²) in [5.74, 6) is -0.474. The first-order valence-corrected chi connectivity index (χ1v) is 10.3. The van der Waals surface area contributed by atoms with Crippen LogP contribution in [-0.4, -0.2) is 48.1 Å². The van der Waals surface area contributed by atoms with Gasteiger partial charge in [0.25, 0.3) is 5.91 Å².